The smallest absolute Gasteiger partial charge is 0.242 e. The van der Waals surface area contributed by atoms with Gasteiger partial charge in [0.1, 0.15) is 11.8 Å². The molecule has 5 nitrogen and oxygen atoms in total. The number of nitrogens with one attached hydrogen (secondary N) is 1. The first-order valence-electron chi connectivity index (χ1n) is 10.3. The standard InChI is InChI=1S/C24H32N2O3S/c1-5-22(24(28)25-15-18(2)3)26(16-19-11-13-20(29-4)14-12-19)23(27)17-30-21-9-7-6-8-10-21/h6-14,18,22H,5,15-17H2,1-4H3,(H,25,28). The van der Waals surface area contributed by atoms with E-state index in [1.165, 1.54) is 11.8 Å². The molecule has 0 aliphatic rings. The van der Waals surface area contributed by atoms with Crippen LogP contribution in [0, 0.1) is 5.92 Å². The fourth-order valence-electron chi connectivity index (χ4n) is 3.01. The molecule has 2 rings (SSSR count). The molecule has 162 valence electrons. The Labute approximate surface area is 184 Å². The number of methoxy groups -OCH3 is 1. The summed E-state index contributed by atoms with van der Waals surface area (Å²) in [6.45, 7) is 7.03. The quantitative estimate of drug-likeness (QED) is 0.540. The van der Waals surface area contributed by atoms with Crippen LogP contribution in [0.5, 0.6) is 5.75 Å². The zero-order valence-electron chi connectivity index (χ0n) is 18.3. The highest BCUT2D eigenvalue weighted by atomic mass is 32.2. The maximum Gasteiger partial charge on any atom is 0.242 e. The molecule has 0 saturated carbocycles. The van der Waals surface area contributed by atoms with Gasteiger partial charge in [0.15, 0.2) is 0 Å². The number of thioether (sulfide) groups is 1. The SMILES string of the molecule is CCC(C(=O)NCC(C)C)N(Cc1ccc(OC)cc1)C(=O)CSc1ccccc1. The van der Waals surface area contributed by atoms with E-state index in [0.717, 1.165) is 16.2 Å². The number of amides is 2. The summed E-state index contributed by atoms with van der Waals surface area (Å²) < 4.78 is 5.22. The predicted molar refractivity (Wildman–Crippen MR) is 123 cm³/mol. The van der Waals surface area contributed by atoms with Crippen LogP contribution < -0.4 is 10.1 Å². The van der Waals surface area contributed by atoms with E-state index >= 15 is 0 Å². The van der Waals surface area contributed by atoms with E-state index in [0.29, 0.717) is 25.4 Å². The molecule has 6 heteroatoms. The van der Waals surface area contributed by atoms with E-state index in [9.17, 15) is 9.59 Å². The molecule has 0 aliphatic heterocycles. The van der Waals surface area contributed by atoms with Gasteiger partial charge < -0.3 is 15.0 Å². The number of hydrogen-bond acceptors (Lipinski definition) is 4. The zero-order valence-corrected chi connectivity index (χ0v) is 19.1. The minimum Gasteiger partial charge on any atom is -0.497 e. The van der Waals surface area contributed by atoms with Crippen LogP contribution in [-0.4, -0.2) is 42.2 Å². The Morgan fingerprint density at radius 1 is 1.07 bits per heavy atom. The van der Waals surface area contributed by atoms with E-state index < -0.39 is 6.04 Å². The molecular weight excluding hydrogens is 396 g/mol. The summed E-state index contributed by atoms with van der Waals surface area (Å²) in [5, 5.41) is 2.99. The molecule has 0 fully saturated rings. The van der Waals surface area contributed by atoms with E-state index in [2.05, 4.69) is 19.2 Å². The Bertz CT molecular complexity index is 794. The lowest BCUT2D eigenvalue weighted by Gasteiger charge is -2.31. The average Bonchev–Trinajstić information content (AvgIpc) is 2.77. The van der Waals surface area contributed by atoms with Crippen molar-refractivity contribution in [2.24, 2.45) is 5.92 Å². The first-order chi connectivity index (χ1) is 14.4. The number of carbonyl (C=O) groups excluding carboxylic acids is 2. The number of rotatable bonds is 11. The van der Waals surface area contributed by atoms with Gasteiger partial charge in [-0.2, -0.15) is 0 Å². The van der Waals surface area contributed by atoms with Crippen molar-refractivity contribution in [3.05, 3.63) is 60.2 Å². The maximum atomic E-state index is 13.2. The highest BCUT2D eigenvalue weighted by molar-refractivity contribution is 8.00. The molecular formula is C24H32N2O3S. The molecule has 2 amide bonds. The van der Waals surface area contributed by atoms with Crippen molar-refractivity contribution in [3.8, 4) is 5.75 Å². The number of carbonyl (C=O) groups is 2. The topological polar surface area (TPSA) is 58.6 Å². The van der Waals surface area contributed by atoms with Crippen LogP contribution in [0.4, 0.5) is 0 Å². The second kappa shape index (κ2) is 12.3. The fourth-order valence-corrected chi connectivity index (χ4v) is 3.82. The number of nitrogens with zero attached hydrogens (tertiary/aromatic N) is 1. The fraction of sp³-hybridized carbons (Fsp3) is 0.417. The van der Waals surface area contributed by atoms with Crippen LogP contribution >= 0.6 is 11.8 Å². The lowest BCUT2D eigenvalue weighted by Crippen LogP contribution is -2.50. The van der Waals surface area contributed by atoms with E-state index in [-0.39, 0.29) is 17.6 Å². The average molecular weight is 429 g/mol. The molecule has 0 aliphatic carbocycles. The van der Waals surface area contributed by atoms with Gasteiger partial charge in [0.2, 0.25) is 11.8 Å². The van der Waals surface area contributed by atoms with Crippen LogP contribution in [0.2, 0.25) is 0 Å². The molecule has 0 radical (unpaired) electrons. The van der Waals surface area contributed by atoms with Crippen LogP contribution in [0.1, 0.15) is 32.8 Å². The van der Waals surface area contributed by atoms with Gasteiger partial charge in [0, 0.05) is 18.0 Å². The minimum absolute atomic E-state index is 0.0498. The van der Waals surface area contributed by atoms with E-state index in [1.54, 1.807) is 12.0 Å². The highest BCUT2D eigenvalue weighted by Crippen LogP contribution is 2.21. The summed E-state index contributed by atoms with van der Waals surface area (Å²) in [7, 11) is 1.62. The largest absolute Gasteiger partial charge is 0.497 e. The molecule has 2 aromatic rings. The van der Waals surface area contributed by atoms with Crippen molar-refractivity contribution in [1.29, 1.82) is 0 Å². The summed E-state index contributed by atoms with van der Waals surface area (Å²) >= 11 is 1.49. The van der Waals surface area contributed by atoms with Crippen LogP contribution in [0.15, 0.2) is 59.5 Å². The van der Waals surface area contributed by atoms with Gasteiger partial charge in [-0.25, -0.2) is 0 Å². The second-order valence-electron chi connectivity index (χ2n) is 7.53. The third kappa shape index (κ3) is 7.41. The van der Waals surface area contributed by atoms with Gasteiger partial charge in [0.05, 0.1) is 12.9 Å². The van der Waals surface area contributed by atoms with Crippen molar-refractivity contribution in [2.45, 2.75) is 44.7 Å². The van der Waals surface area contributed by atoms with Crippen molar-refractivity contribution < 1.29 is 14.3 Å². The lowest BCUT2D eigenvalue weighted by molar-refractivity contribution is -0.139. The normalized spacial score (nSPS) is 11.8. The monoisotopic (exact) mass is 428 g/mol. The first kappa shape index (κ1) is 23.8. The predicted octanol–water partition coefficient (Wildman–Crippen LogP) is 4.37. The molecule has 1 N–H and O–H groups in total. The molecule has 1 unspecified atom stereocenters. The second-order valence-corrected chi connectivity index (χ2v) is 8.58. The zero-order chi connectivity index (χ0) is 21.9. The summed E-state index contributed by atoms with van der Waals surface area (Å²) in [5.74, 6) is 1.25. The molecule has 0 spiro atoms. The summed E-state index contributed by atoms with van der Waals surface area (Å²) in [6, 6.07) is 16.9. The van der Waals surface area contributed by atoms with Crippen LogP contribution in [-0.2, 0) is 16.1 Å². The molecule has 0 saturated heterocycles. The lowest BCUT2D eigenvalue weighted by atomic mass is 10.1. The summed E-state index contributed by atoms with van der Waals surface area (Å²) in [5.41, 5.74) is 0.962. The highest BCUT2D eigenvalue weighted by Gasteiger charge is 2.28. The van der Waals surface area contributed by atoms with E-state index in [4.69, 9.17) is 4.74 Å². The molecule has 0 bridgehead atoms. The van der Waals surface area contributed by atoms with Gasteiger partial charge in [-0.05, 0) is 42.2 Å². The Kier molecular flexibility index (Phi) is 9.74. The van der Waals surface area contributed by atoms with Crippen LogP contribution in [0.25, 0.3) is 0 Å². The van der Waals surface area contributed by atoms with Crippen molar-refractivity contribution in [2.75, 3.05) is 19.4 Å². The van der Waals surface area contributed by atoms with Crippen molar-refractivity contribution in [1.82, 2.24) is 10.2 Å². The van der Waals surface area contributed by atoms with Gasteiger partial charge in [0.25, 0.3) is 0 Å². The maximum absolute atomic E-state index is 13.2. The summed E-state index contributed by atoms with van der Waals surface area (Å²) in [6.07, 6.45) is 0.557. The number of benzene rings is 2. The molecule has 0 aromatic heterocycles. The third-order valence-electron chi connectivity index (χ3n) is 4.69. The molecule has 2 aromatic carbocycles. The molecule has 30 heavy (non-hydrogen) atoms. The van der Waals surface area contributed by atoms with Gasteiger partial charge >= 0.3 is 0 Å². The Morgan fingerprint density at radius 3 is 2.30 bits per heavy atom. The van der Waals surface area contributed by atoms with E-state index in [1.807, 2.05) is 61.5 Å². The van der Waals surface area contributed by atoms with Gasteiger partial charge in [-0.3, -0.25) is 9.59 Å². The van der Waals surface area contributed by atoms with Crippen LogP contribution in [0.3, 0.4) is 0 Å². The van der Waals surface area contributed by atoms with Gasteiger partial charge in [-0.1, -0.05) is 51.1 Å². The number of hydrogen-bond donors (Lipinski definition) is 1. The summed E-state index contributed by atoms with van der Waals surface area (Å²) in [4.78, 5) is 28.8. The van der Waals surface area contributed by atoms with Crippen molar-refractivity contribution in [3.63, 3.8) is 0 Å². The molecule has 1 atom stereocenters. The molecule has 0 heterocycles. The number of ether oxygens (including phenoxy) is 1. The Balaban J connectivity index is 2.17. The Hall–Kier alpha value is -2.47. The Morgan fingerprint density at radius 2 is 1.73 bits per heavy atom. The van der Waals surface area contributed by atoms with Crippen molar-refractivity contribution >= 4 is 23.6 Å². The minimum atomic E-state index is -0.505. The van der Waals surface area contributed by atoms with Gasteiger partial charge in [-0.15, -0.1) is 11.8 Å². The first-order valence-corrected chi connectivity index (χ1v) is 11.3. The third-order valence-corrected chi connectivity index (χ3v) is 5.68.